The van der Waals surface area contributed by atoms with E-state index in [9.17, 15) is 18.8 Å². The molecule has 8 heteroatoms. The molecule has 1 unspecified atom stereocenters. The quantitative estimate of drug-likeness (QED) is 0.585. The highest BCUT2D eigenvalue weighted by molar-refractivity contribution is 6.10. The number of aliphatic hydroxyl groups is 1. The molecule has 29 heavy (non-hydrogen) atoms. The molecule has 1 atom stereocenters. The third-order valence-corrected chi connectivity index (χ3v) is 4.46. The number of anilines is 1. The summed E-state index contributed by atoms with van der Waals surface area (Å²) in [4.78, 5) is 37.5. The number of nitrogens with zero attached hydrogens (tertiary/aromatic N) is 1. The van der Waals surface area contributed by atoms with Gasteiger partial charge in [0.25, 0.3) is 5.91 Å². The van der Waals surface area contributed by atoms with Gasteiger partial charge in [0.2, 0.25) is 5.91 Å². The number of carbonyl (C=O) groups excluding carboxylic acids is 3. The van der Waals surface area contributed by atoms with Gasteiger partial charge in [0.1, 0.15) is 12.4 Å². The summed E-state index contributed by atoms with van der Waals surface area (Å²) in [5.41, 5.74) is 2.02. The smallest absolute Gasteiger partial charge is 0.254 e. The van der Waals surface area contributed by atoms with E-state index in [1.54, 1.807) is 24.3 Å². The number of carbonyl (C=O) groups is 3. The number of aliphatic hydroxyl groups excluding tert-OH is 1. The van der Waals surface area contributed by atoms with E-state index in [1.807, 2.05) is 6.92 Å². The number of halogens is 1. The predicted octanol–water partition coefficient (Wildman–Crippen LogP) is 1.67. The summed E-state index contributed by atoms with van der Waals surface area (Å²) in [5.74, 6) is -2.40. The van der Waals surface area contributed by atoms with Gasteiger partial charge in [-0.05, 0) is 42.3 Å². The van der Waals surface area contributed by atoms with Crippen LogP contribution < -0.4 is 10.6 Å². The summed E-state index contributed by atoms with van der Waals surface area (Å²) in [6.45, 7) is 1.63. The monoisotopic (exact) mass is 401 g/mol. The van der Waals surface area contributed by atoms with Gasteiger partial charge in [0.05, 0.1) is 5.69 Å². The van der Waals surface area contributed by atoms with Crippen molar-refractivity contribution in [2.24, 2.45) is 0 Å². The second kappa shape index (κ2) is 9.79. The van der Waals surface area contributed by atoms with Gasteiger partial charge in [-0.2, -0.15) is 0 Å². The zero-order valence-electron chi connectivity index (χ0n) is 16.5. The molecule has 3 N–H and O–H groups in total. The van der Waals surface area contributed by atoms with Crippen molar-refractivity contribution in [1.82, 2.24) is 10.2 Å². The minimum Gasteiger partial charge on any atom is -0.388 e. The average Bonchev–Trinajstić information content (AvgIpc) is 2.74. The lowest BCUT2D eigenvalue weighted by Crippen LogP contribution is -2.52. The Kier molecular flexibility index (Phi) is 7.44. The number of likely N-dealkylation sites (N-methyl/N-ethyl adjacent to an activating group) is 2. The lowest BCUT2D eigenvalue weighted by molar-refractivity contribution is -0.135. The predicted molar refractivity (Wildman–Crippen MR) is 108 cm³/mol. The van der Waals surface area contributed by atoms with E-state index in [2.05, 4.69) is 10.6 Å². The zero-order chi connectivity index (χ0) is 21.6. The Hall–Kier alpha value is -3.26. The van der Waals surface area contributed by atoms with E-state index < -0.39 is 30.2 Å². The highest BCUT2D eigenvalue weighted by atomic mass is 19.1. The zero-order valence-corrected chi connectivity index (χ0v) is 16.5. The van der Waals surface area contributed by atoms with Crippen molar-refractivity contribution < 1.29 is 23.9 Å². The topological polar surface area (TPSA) is 98.7 Å². The Balaban J connectivity index is 2.24. The number of benzene rings is 2. The van der Waals surface area contributed by atoms with Gasteiger partial charge < -0.3 is 20.6 Å². The van der Waals surface area contributed by atoms with Crippen molar-refractivity contribution in [2.75, 3.05) is 32.6 Å². The molecule has 7 nitrogen and oxygen atoms in total. The van der Waals surface area contributed by atoms with Gasteiger partial charge in [0.15, 0.2) is 11.8 Å². The van der Waals surface area contributed by atoms with Crippen LogP contribution in [0.4, 0.5) is 10.1 Å². The van der Waals surface area contributed by atoms with Crippen LogP contribution in [0.3, 0.4) is 0 Å². The molecule has 0 aliphatic rings. The van der Waals surface area contributed by atoms with E-state index in [0.29, 0.717) is 23.4 Å². The molecule has 154 valence electrons. The van der Waals surface area contributed by atoms with E-state index >= 15 is 0 Å². The first-order valence-corrected chi connectivity index (χ1v) is 9.10. The molecule has 0 saturated heterocycles. The van der Waals surface area contributed by atoms with Crippen LogP contribution >= 0.6 is 0 Å². The van der Waals surface area contributed by atoms with Crippen LogP contribution in [0.1, 0.15) is 17.3 Å². The molecule has 2 aromatic rings. The molecule has 0 radical (unpaired) electrons. The second-order valence-electron chi connectivity index (χ2n) is 6.36. The highest BCUT2D eigenvalue weighted by Crippen LogP contribution is 2.25. The Labute approximate surface area is 168 Å². The number of amides is 2. The van der Waals surface area contributed by atoms with Crippen LogP contribution in [-0.4, -0.2) is 60.9 Å². The SMILES string of the molecule is CCNc1ccc(-c2ccc(C(=O)N(C)C(C(=O)CO)C(=O)NC)cc2)cc1F. The average molecular weight is 401 g/mol. The van der Waals surface area contributed by atoms with Gasteiger partial charge in [-0.1, -0.05) is 18.2 Å². The molecular formula is C21H24FN3O4. The number of rotatable bonds is 8. The van der Waals surface area contributed by atoms with Crippen LogP contribution in [0.2, 0.25) is 0 Å². The van der Waals surface area contributed by atoms with Crippen LogP contribution in [-0.2, 0) is 9.59 Å². The summed E-state index contributed by atoms with van der Waals surface area (Å²) in [5, 5.41) is 14.3. The Morgan fingerprint density at radius 2 is 1.72 bits per heavy atom. The van der Waals surface area contributed by atoms with Crippen molar-refractivity contribution in [3.8, 4) is 11.1 Å². The molecule has 2 amide bonds. The summed E-state index contributed by atoms with van der Waals surface area (Å²) < 4.78 is 14.1. The molecular weight excluding hydrogens is 377 g/mol. The van der Waals surface area contributed by atoms with Crippen LogP contribution in [0.25, 0.3) is 11.1 Å². The van der Waals surface area contributed by atoms with Crippen molar-refractivity contribution in [3.63, 3.8) is 0 Å². The minimum atomic E-state index is -1.43. The highest BCUT2D eigenvalue weighted by Gasteiger charge is 2.32. The maximum Gasteiger partial charge on any atom is 0.254 e. The van der Waals surface area contributed by atoms with E-state index in [0.717, 1.165) is 4.90 Å². The standard InChI is InChI=1S/C21H24FN3O4/c1-4-24-17-10-9-15(11-16(17)22)13-5-7-14(8-6-13)21(29)25(3)19(18(27)12-26)20(28)23-2/h5-11,19,24,26H,4,12H2,1-3H3,(H,23,28). The minimum absolute atomic E-state index is 0.251. The summed E-state index contributed by atoms with van der Waals surface area (Å²) in [6.07, 6.45) is 0. The third kappa shape index (κ3) is 4.97. The number of Topliss-reactive ketones (excluding diaryl/α,β-unsaturated/α-hetero) is 1. The number of nitrogens with one attached hydrogen (secondary N) is 2. The third-order valence-electron chi connectivity index (χ3n) is 4.46. The first-order chi connectivity index (χ1) is 13.8. The fraction of sp³-hybridized carbons (Fsp3) is 0.286. The lowest BCUT2D eigenvalue weighted by Gasteiger charge is -2.25. The molecule has 2 aromatic carbocycles. The molecule has 2 rings (SSSR count). The maximum atomic E-state index is 14.1. The van der Waals surface area contributed by atoms with Gasteiger partial charge in [-0.15, -0.1) is 0 Å². The molecule has 0 fully saturated rings. The first-order valence-electron chi connectivity index (χ1n) is 9.10. The number of hydrogen-bond donors (Lipinski definition) is 3. The largest absolute Gasteiger partial charge is 0.388 e. The normalized spacial score (nSPS) is 11.5. The molecule has 0 aliphatic heterocycles. The fourth-order valence-electron chi connectivity index (χ4n) is 2.92. The number of ketones is 1. The molecule has 0 heterocycles. The Morgan fingerprint density at radius 3 is 2.24 bits per heavy atom. The van der Waals surface area contributed by atoms with Crippen LogP contribution in [0, 0.1) is 5.82 Å². The molecule has 0 aromatic heterocycles. The lowest BCUT2D eigenvalue weighted by atomic mass is 10.0. The van der Waals surface area contributed by atoms with Crippen molar-refractivity contribution >= 4 is 23.3 Å². The fourth-order valence-corrected chi connectivity index (χ4v) is 2.92. The van der Waals surface area contributed by atoms with Gasteiger partial charge in [-0.25, -0.2) is 4.39 Å². The van der Waals surface area contributed by atoms with Crippen LogP contribution in [0.5, 0.6) is 0 Å². The molecule has 0 saturated carbocycles. The number of hydrogen-bond acceptors (Lipinski definition) is 5. The summed E-state index contributed by atoms with van der Waals surface area (Å²) >= 11 is 0. The van der Waals surface area contributed by atoms with Gasteiger partial charge in [-0.3, -0.25) is 14.4 Å². The van der Waals surface area contributed by atoms with E-state index in [-0.39, 0.29) is 11.4 Å². The molecule has 0 spiro atoms. The van der Waals surface area contributed by atoms with E-state index in [1.165, 1.54) is 32.3 Å². The molecule has 0 bridgehead atoms. The summed E-state index contributed by atoms with van der Waals surface area (Å²) in [6, 6.07) is 9.79. The summed E-state index contributed by atoms with van der Waals surface area (Å²) in [7, 11) is 2.66. The second-order valence-corrected chi connectivity index (χ2v) is 6.36. The van der Waals surface area contributed by atoms with Crippen molar-refractivity contribution in [3.05, 3.63) is 53.8 Å². The van der Waals surface area contributed by atoms with Crippen LogP contribution in [0.15, 0.2) is 42.5 Å². The van der Waals surface area contributed by atoms with Gasteiger partial charge in [0, 0.05) is 26.2 Å². The van der Waals surface area contributed by atoms with E-state index in [4.69, 9.17) is 5.11 Å². The molecule has 0 aliphatic carbocycles. The Bertz CT molecular complexity index is 883. The van der Waals surface area contributed by atoms with Crippen molar-refractivity contribution in [1.29, 1.82) is 0 Å². The van der Waals surface area contributed by atoms with Gasteiger partial charge >= 0.3 is 0 Å². The maximum absolute atomic E-state index is 14.1. The van der Waals surface area contributed by atoms with Crippen molar-refractivity contribution in [2.45, 2.75) is 13.0 Å². The first kappa shape index (κ1) is 22.0. The Morgan fingerprint density at radius 1 is 1.10 bits per heavy atom.